The molecule has 0 N–H and O–H groups in total. The number of rotatable bonds is 1. The van der Waals surface area contributed by atoms with Crippen LogP contribution in [0.3, 0.4) is 0 Å². The third-order valence-corrected chi connectivity index (χ3v) is 14.9. The van der Waals surface area contributed by atoms with E-state index in [0.717, 1.165) is 89.8 Å². The zero-order valence-corrected chi connectivity index (χ0v) is 78.1. The summed E-state index contributed by atoms with van der Waals surface area (Å²) in [5, 5.41) is 3.41. The molecule has 106 heavy (non-hydrogen) atoms. The van der Waals surface area contributed by atoms with Crippen LogP contribution in [0.4, 0.5) is 0 Å². The van der Waals surface area contributed by atoms with Crippen molar-refractivity contribution < 1.29 is 0 Å². The van der Waals surface area contributed by atoms with Gasteiger partial charge in [0.25, 0.3) is 0 Å². The highest BCUT2D eigenvalue weighted by Gasteiger charge is 2.25. The first kappa shape index (κ1) is 108. The number of aromatic nitrogens is 9. The van der Waals surface area contributed by atoms with Crippen LogP contribution in [0.1, 0.15) is 389 Å². The quantitative estimate of drug-likeness (QED) is 0.148. The SMILES string of the molecule is CC.CC.CC.CC.CC.CC.CC.CC.CC.CC(C)(C)c1cc(C(C)(C)C)ncn1.CC(C)(C)c1ccc2ccc(C(C)(C)C)nc2n1.CC(C)(C)c1ccc2ccc3ccc(C(C)(C)C)nc3c2n1.CC(C)(C)c1cccc(-c2cccc(C(C)(C)C)n2)n1.CC(C)(C)c1cccc(C(C)(C)C)n1. The van der Waals surface area contributed by atoms with E-state index in [0.29, 0.717) is 0 Å². The lowest BCUT2D eigenvalue weighted by atomic mass is 9.87. The standard InChI is InChI=1S/C20H24N2.C18H24N2.C16H22N2.C13H21N.C12H20N2.9C2H6/c1-19(2,3)15-11-9-13-7-8-14-10-12-16(20(4,5)6)22-18(14)17(13)21-15;1-17(2,3)15-11-7-9-13(19-15)14-10-8-12-16(20-14)18(4,5)6;1-15(2,3)12-9-7-11-8-10-13(16(4,5)6)18-14(11)17-12;1-12(2,3)10-8-7-9-11(14-10)13(4,5)6;1-11(2,3)9-7-10(12(4,5)6)14-8-13-9;9*1-2/h7-12H,1-6H3;7-12H,1-6H3;7-10H,1-6H3;7-9H,1-6H3;7-8H,1-6H3;9*1-2H3. The summed E-state index contributed by atoms with van der Waals surface area (Å²) in [5.74, 6) is 0. The second-order valence-electron chi connectivity index (χ2n) is 34.1. The van der Waals surface area contributed by atoms with Crippen LogP contribution in [0.25, 0.3) is 44.2 Å². The summed E-state index contributed by atoms with van der Waals surface area (Å²) in [6.07, 6.45) is 1.67. The van der Waals surface area contributed by atoms with E-state index < -0.39 is 0 Å². The molecule has 9 aromatic rings. The van der Waals surface area contributed by atoms with E-state index in [1.807, 2.05) is 137 Å². The molecule has 8 aromatic heterocycles. The smallest absolute Gasteiger partial charge is 0.159 e. The third-order valence-electron chi connectivity index (χ3n) is 14.9. The molecule has 1 aromatic carbocycles. The van der Waals surface area contributed by atoms with Crippen molar-refractivity contribution in [1.82, 2.24) is 44.9 Å². The number of nitrogens with zero attached hydrogens (tertiary/aromatic N) is 9. The number of hydrogen-bond acceptors (Lipinski definition) is 9. The highest BCUT2D eigenvalue weighted by atomic mass is 14.9. The topological polar surface area (TPSA) is 116 Å². The third kappa shape index (κ3) is 37.8. The Kier molecular flexibility index (Phi) is 50.0. The fourth-order valence-electron chi connectivity index (χ4n) is 8.88. The van der Waals surface area contributed by atoms with Gasteiger partial charge in [-0.25, -0.2) is 29.9 Å². The molecule has 0 amide bonds. The maximum Gasteiger partial charge on any atom is 0.159 e. The van der Waals surface area contributed by atoms with Crippen molar-refractivity contribution in [3.05, 3.63) is 185 Å². The van der Waals surface area contributed by atoms with Gasteiger partial charge >= 0.3 is 0 Å². The van der Waals surface area contributed by atoms with Gasteiger partial charge in [0, 0.05) is 127 Å². The van der Waals surface area contributed by atoms with Crippen molar-refractivity contribution in [3.63, 3.8) is 0 Å². The number of benzene rings is 1. The molecule has 0 aliphatic rings. The molecule has 0 saturated carbocycles. The molecule has 9 nitrogen and oxygen atoms in total. The molecular weight excluding hydrogens is 1290 g/mol. The Morgan fingerprint density at radius 2 is 0.368 bits per heavy atom. The zero-order chi connectivity index (χ0) is 84.6. The van der Waals surface area contributed by atoms with Gasteiger partial charge in [-0.05, 0) is 78.9 Å². The van der Waals surface area contributed by atoms with Crippen molar-refractivity contribution in [2.75, 3.05) is 0 Å². The molecule has 0 fully saturated rings. The molecule has 9 heteroatoms. The average Bonchev–Trinajstić information content (AvgIpc) is 0.770. The summed E-state index contributed by atoms with van der Waals surface area (Å²) in [6, 6.07) is 42.0. The highest BCUT2D eigenvalue weighted by Crippen LogP contribution is 2.33. The lowest BCUT2D eigenvalue weighted by Gasteiger charge is -2.23. The van der Waals surface area contributed by atoms with Crippen molar-refractivity contribution in [2.45, 2.75) is 386 Å². The van der Waals surface area contributed by atoms with E-state index >= 15 is 0 Å². The minimum atomic E-state index is 0.0397. The molecule has 0 saturated heterocycles. The first-order chi connectivity index (χ1) is 48.9. The van der Waals surface area contributed by atoms with Crippen molar-refractivity contribution in [1.29, 1.82) is 0 Å². The molecule has 0 unspecified atom stereocenters. The van der Waals surface area contributed by atoms with Crippen LogP contribution in [-0.2, 0) is 54.1 Å². The molecule has 0 spiro atoms. The molecule has 0 aliphatic heterocycles. The first-order valence-electron chi connectivity index (χ1n) is 40.7. The van der Waals surface area contributed by atoms with Crippen LogP contribution >= 0.6 is 0 Å². The van der Waals surface area contributed by atoms with E-state index in [2.05, 4.69) is 327 Å². The lowest BCUT2D eigenvalue weighted by molar-refractivity contribution is 0.531. The van der Waals surface area contributed by atoms with Crippen LogP contribution in [-0.4, -0.2) is 44.9 Å². The van der Waals surface area contributed by atoms with Gasteiger partial charge in [-0.2, -0.15) is 0 Å². The van der Waals surface area contributed by atoms with Gasteiger partial charge in [0.1, 0.15) is 6.33 Å². The average molecular weight is 1460 g/mol. The Hall–Kier alpha value is -6.87. The number of hydrogen-bond donors (Lipinski definition) is 0. The first-order valence-corrected chi connectivity index (χ1v) is 40.7. The van der Waals surface area contributed by atoms with Crippen LogP contribution < -0.4 is 0 Å². The molecule has 0 bridgehead atoms. The Morgan fingerprint density at radius 3 is 0.604 bits per heavy atom. The molecule has 0 aliphatic carbocycles. The fraction of sp³-hybridized carbons (Fsp3) is 0.598. The minimum absolute atomic E-state index is 0.0397. The van der Waals surface area contributed by atoms with Gasteiger partial charge in [-0.1, -0.05) is 375 Å². The van der Waals surface area contributed by atoms with E-state index in [4.69, 9.17) is 34.9 Å². The van der Waals surface area contributed by atoms with Gasteiger partial charge in [0.15, 0.2) is 5.65 Å². The second kappa shape index (κ2) is 49.2. The second-order valence-corrected chi connectivity index (χ2v) is 34.1. The monoisotopic (exact) mass is 1460 g/mol. The fourth-order valence-corrected chi connectivity index (χ4v) is 8.88. The van der Waals surface area contributed by atoms with Gasteiger partial charge < -0.3 is 0 Å². The maximum absolute atomic E-state index is 4.94. The number of fused-ring (bicyclic) bond motifs is 4. The van der Waals surface area contributed by atoms with Crippen molar-refractivity contribution in [3.8, 4) is 11.4 Å². The summed E-state index contributed by atoms with van der Waals surface area (Å²) in [7, 11) is 0. The van der Waals surface area contributed by atoms with Crippen molar-refractivity contribution in [2.24, 2.45) is 0 Å². The van der Waals surface area contributed by atoms with Crippen LogP contribution in [0.2, 0.25) is 0 Å². The Labute approximate surface area is 656 Å². The predicted octanol–water partition coefficient (Wildman–Crippen LogP) is 30.3. The Balaban J connectivity index is -0.000000383. The summed E-state index contributed by atoms with van der Waals surface area (Å²) in [5.41, 5.74) is 16.7. The Bertz CT molecular complexity index is 3480. The molecule has 9 rings (SSSR count). The van der Waals surface area contributed by atoms with Gasteiger partial charge in [0.2, 0.25) is 0 Å². The maximum atomic E-state index is 4.94. The predicted molar refractivity (Wildman–Crippen MR) is 479 cm³/mol. The summed E-state index contributed by atoms with van der Waals surface area (Å²) in [4.78, 5) is 42.2. The van der Waals surface area contributed by atoms with Gasteiger partial charge in [0.05, 0.1) is 22.4 Å². The summed E-state index contributed by atoms with van der Waals surface area (Å²) >= 11 is 0. The van der Waals surface area contributed by atoms with Crippen LogP contribution in [0.5, 0.6) is 0 Å². The normalized spacial score (nSPS) is 11.2. The van der Waals surface area contributed by atoms with Crippen molar-refractivity contribution >= 4 is 32.8 Å². The largest absolute Gasteiger partial charge is 0.257 e. The molecule has 8 heterocycles. The van der Waals surface area contributed by atoms with Gasteiger partial charge in [-0.3, -0.25) is 15.0 Å². The van der Waals surface area contributed by atoms with E-state index in [1.165, 1.54) is 11.4 Å². The molecule has 0 radical (unpaired) electrons. The van der Waals surface area contributed by atoms with Gasteiger partial charge in [-0.15, -0.1) is 0 Å². The zero-order valence-electron chi connectivity index (χ0n) is 78.1. The van der Waals surface area contributed by atoms with E-state index in [1.54, 1.807) is 6.33 Å². The Morgan fingerprint density at radius 1 is 0.179 bits per heavy atom. The molecular formula is C97H165N9. The van der Waals surface area contributed by atoms with Crippen LogP contribution in [0, 0.1) is 0 Å². The molecule has 0 atom stereocenters. The minimum Gasteiger partial charge on any atom is -0.257 e. The summed E-state index contributed by atoms with van der Waals surface area (Å²) in [6.45, 7) is 101. The molecule has 598 valence electrons. The van der Waals surface area contributed by atoms with E-state index in [-0.39, 0.29) is 54.1 Å². The van der Waals surface area contributed by atoms with Crippen LogP contribution in [0.15, 0.2) is 128 Å². The number of pyridine rings is 7. The highest BCUT2D eigenvalue weighted by molar-refractivity contribution is 6.02. The lowest BCUT2D eigenvalue weighted by Crippen LogP contribution is -2.19. The summed E-state index contributed by atoms with van der Waals surface area (Å²) < 4.78 is 0. The van der Waals surface area contributed by atoms with E-state index in [9.17, 15) is 0 Å².